The van der Waals surface area contributed by atoms with Crippen molar-refractivity contribution < 1.29 is 15.3 Å². The monoisotopic (exact) mass is 239 g/mol. The second-order valence-corrected chi connectivity index (χ2v) is 5.17. The van der Waals surface area contributed by atoms with Gasteiger partial charge in [0, 0.05) is 12.1 Å². The van der Waals surface area contributed by atoms with Crippen LogP contribution in [0.2, 0.25) is 0 Å². The number of hydrogen-bond donors (Lipinski definition) is 2. The van der Waals surface area contributed by atoms with Gasteiger partial charge >= 0.3 is 0 Å². The first-order valence-corrected chi connectivity index (χ1v) is 5.56. The molecular weight excluding hydrogens is 220 g/mol. The van der Waals surface area contributed by atoms with Gasteiger partial charge in [0.2, 0.25) is 0 Å². The molecule has 1 aromatic rings. The predicted molar refractivity (Wildman–Crippen MR) is 64.6 cm³/mol. The van der Waals surface area contributed by atoms with Crippen LogP contribution in [0.15, 0.2) is 24.3 Å². The van der Waals surface area contributed by atoms with Crippen LogP contribution in [0.3, 0.4) is 0 Å². The van der Waals surface area contributed by atoms with E-state index < -0.39 is 11.0 Å². The van der Waals surface area contributed by atoms with Crippen LogP contribution in [0.1, 0.15) is 32.4 Å². The third kappa shape index (κ3) is 4.50. The SMILES string of the molecule is CC(C)(C)[NH2+]C[C@H](O)c1cccc([N+](=O)[O-])c1. The van der Waals surface area contributed by atoms with Gasteiger partial charge in [-0.2, -0.15) is 0 Å². The summed E-state index contributed by atoms with van der Waals surface area (Å²) in [6.45, 7) is 6.64. The van der Waals surface area contributed by atoms with Crippen LogP contribution in [-0.2, 0) is 0 Å². The minimum absolute atomic E-state index is 0.0114. The molecule has 1 atom stereocenters. The van der Waals surface area contributed by atoms with E-state index in [0.29, 0.717) is 12.1 Å². The Hall–Kier alpha value is -1.46. The third-order valence-corrected chi connectivity index (χ3v) is 2.42. The number of aliphatic hydroxyl groups is 1. The van der Waals surface area contributed by atoms with E-state index in [1.54, 1.807) is 12.1 Å². The molecule has 0 aliphatic heterocycles. The molecule has 94 valence electrons. The fraction of sp³-hybridized carbons (Fsp3) is 0.500. The van der Waals surface area contributed by atoms with Crippen molar-refractivity contribution >= 4 is 5.69 Å². The zero-order valence-electron chi connectivity index (χ0n) is 10.4. The third-order valence-electron chi connectivity index (χ3n) is 2.42. The maximum atomic E-state index is 10.6. The Morgan fingerprint density at radius 2 is 2.12 bits per heavy atom. The van der Waals surface area contributed by atoms with Gasteiger partial charge in [0.15, 0.2) is 0 Å². The van der Waals surface area contributed by atoms with E-state index in [0.717, 1.165) is 0 Å². The van der Waals surface area contributed by atoms with Crippen molar-refractivity contribution in [3.05, 3.63) is 39.9 Å². The number of aliphatic hydroxyl groups excluding tert-OH is 1. The number of nitrogens with zero attached hydrogens (tertiary/aromatic N) is 1. The number of rotatable bonds is 4. The molecule has 0 saturated carbocycles. The van der Waals surface area contributed by atoms with E-state index in [1.165, 1.54) is 12.1 Å². The Morgan fingerprint density at radius 1 is 1.47 bits per heavy atom. The largest absolute Gasteiger partial charge is 0.382 e. The summed E-state index contributed by atoms with van der Waals surface area (Å²) < 4.78 is 0. The molecule has 0 heterocycles. The van der Waals surface area contributed by atoms with Crippen molar-refractivity contribution in [2.24, 2.45) is 0 Å². The van der Waals surface area contributed by atoms with Gasteiger partial charge in [-0.15, -0.1) is 0 Å². The fourth-order valence-electron chi connectivity index (χ4n) is 1.45. The molecule has 0 aromatic heterocycles. The molecule has 0 spiro atoms. The quantitative estimate of drug-likeness (QED) is 0.607. The lowest BCUT2D eigenvalue weighted by atomic mass is 10.1. The highest BCUT2D eigenvalue weighted by Crippen LogP contribution is 2.18. The van der Waals surface area contributed by atoms with E-state index in [9.17, 15) is 15.2 Å². The summed E-state index contributed by atoms with van der Waals surface area (Å²) in [4.78, 5) is 10.2. The molecule has 1 aromatic carbocycles. The zero-order valence-corrected chi connectivity index (χ0v) is 10.4. The average molecular weight is 239 g/mol. The van der Waals surface area contributed by atoms with Crippen molar-refractivity contribution in [1.29, 1.82) is 0 Å². The van der Waals surface area contributed by atoms with Gasteiger partial charge in [-0.25, -0.2) is 0 Å². The molecule has 0 unspecified atom stereocenters. The van der Waals surface area contributed by atoms with Crippen molar-refractivity contribution in [1.82, 2.24) is 0 Å². The van der Waals surface area contributed by atoms with Gasteiger partial charge in [-0.1, -0.05) is 12.1 Å². The number of quaternary nitrogens is 1. The molecular formula is C12H19N2O3+. The Kier molecular flexibility index (Phi) is 4.20. The van der Waals surface area contributed by atoms with Crippen molar-refractivity contribution in [3.63, 3.8) is 0 Å². The summed E-state index contributed by atoms with van der Waals surface area (Å²) in [6.07, 6.45) is -0.686. The van der Waals surface area contributed by atoms with Crippen LogP contribution in [0.5, 0.6) is 0 Å². The van der Waals surface area contributed by atoms with E-state index in [2.05, 4.69) is 0 Å². The van der Waals surface area contributed by atoms with Crippen LogP contribution in [0.4, 0.5) is 5.69 Å². The molecule has 3 N–H and O–H groups in total. The summed E-state index contributed by atoms with van der Waals surface area (Å²) in [5.41, 5.74) is 0.624. The Balaban J connectivity index is 2.72. The number of nitro groups is 1. The van der Waals surface area contributed by atoms with Crippen molar-refractivity contribution in [2.75, 3.05) is 6.54 Å². The highest BCUT2D eigenvalue weighted by atomic mass is 16.6. The van der Waals surface area contributed by atoms with E-state index >= 15 is 0 Å². The van der Waals surface area contributed by atoms with Crippen molar-refractivity contribution in [3.8, 4) is 0 Å². The molecule has 5 nitrogen and oxygen atoms in total. The summed E-state index contributed by atoms with van der Waals surface area (Å²) >= 11 is 0. The highest BCUT2D eigenvalue weighted by molar-refractivity contribution is 5.35. The minimum atomic E-state index is -0.686. The molecule has 0 fully saturated rings. The molecule has 0 saturated heterocycles. The summed E-state index contributed by atoms with van der Waals surface area (Å²) in [5, 5.41) is 22.6. The Labute approximate surface area is 101 Å². The molecule has 0 bridgehead atoms. The summed E-state index contributed by atoms with van der Waals surface area (Å²) in [5.74, 6) is 0. The minimum Gasteiger partial charge on any atom is -0.382 e. The topological polar surface area (TPSA) is 80.0 Å². The number of benzene rings is 1. The number of nitro benzene ring substituents is 1. The van der Waals surface area contributed by atoms with Crippen LogP contribution in [0.25, 0.3) is 0 Å². The predicted octanol–water partition coefficient (Wildman–Crippen LogP) is 0.990. The molecule has 0 aliphatic carbocycles. The fourth-order valence-corrected chi connectivity index (χ4v) is 1.45. The van der Waals surface area contributed by atoms with Gasteiger partial charge in [0.1, 0.15) is 12.6 Å². The normalized spacial score (nSPS) is 13.4. The van der Waals surface area contributed by atoms with Crippen LogP contribution >= 0.6 is 0 Å². The molecule has 0 aliphatic rings. The maximum Gasteiger partial charge on any atom is 0.269 e. The first kappa shape index (κ1) is 13.6. The van der Waals surface area contributed by atoms with Gasteiger partial charge in [-0.3, -0.25) is 10.1 Å². The lowest BCUT2D eigenvalue weighted by molar-refractivity contribution is -0.722. The maximum absolute atomic E-state index is 10.6. The van der Waals surface area contributed by atoms with Crippen LogP contribution in [0, 0.1) is 10.1 Å². The molecule has 17 heavy (non-hydrogen) atoms. The molecule has 0 radical (unpaired) electrons. The first-order chi connectivity index (χ1) is 7.79. The summed E-state index contributed by atoms with van der Waals surface area (Å²) in [7, 11) is 0. The average Bonchev–Trinajstić information content (AvgIpc) is 2.25. The second-order valence-electron chi connectivity index (χ2n) is 5.17. The van der Waals surface area contributed by atoms with Gasteiger partial charge in [0.25, 0.3) is 5.69 Å². The first-order valence-electron chi connectivity index (χ1n) is 5.56. The van der Waals surface area contributed by atoms with E-state index in [-0.39, 0.29) is 11.2 Å². The van der Waals surface area contributed by atoms with Crippen LogP contribution < -0.4 is 5.32 Å². The standard InChI is InChI=1S/C12H18N2O3/c1-12(2,3)13-8-11(15)9-5-4-6-10(7-9)14(16)17/h4-7,11,13,15H,8H2,1-3H3/p+1/t11-/m0/s1. The highest BCUT2D eigenvalue weighted by Gasteiger charge is 2.18. The number of hydrogen-bond acceptors (Lipinski definition) is 3. The molecule has 1 rings (SSSR count). The van der Waals surface area contributed by atoms with Crippen molar-refractivity contribution in [2.45, 2.75) is 32.4 Å². The number of nitrogens with two attached hydrogens (primary N) is 1. The summed E-state index contributed by atoms with van der Waals surface area (Å²) in [6, 6.07) is 6.13. The van der Waals surface area contributed by atoms with E-state index in [4.69, 9.17) is 0 Å². The smallest absolute Gasteiger partial charge is 0.269 e. The van der Waals surface area contributed by atoms with Crippen LogP contribution in [-0.4, -0.2) is 22.1 Å². The zero-order chi connectivity index (χ0) is 13.1. The second kappa shape index (κ2) is 5.25. The Morgan fingerprint density at radius 3 is 2.65 bits per heavy atom. The van der Waals surface area contributed by atoms with E-state index in [1.807, 2.05) is 26.1 Å². The lowest BCUT2D eigenvalue weighted by Gasteiger charge is -2.19. The Bertz CT molecular complexity index is 399. The number of non-ortho nitro benzene ring substituents is 1. The van der Waals surface area contributed by atoms with Gasteiger partial charge < -0.3 is 10.4 Å². The van der Waals surface area contributed by atoms with Gasteiger partial charge in [-0.05, 0) is 26.3 Å². The lowest BCUT2D eigenvalue weighted by Crippen LogP contribution is -2.95. The van der Waals surface area contributed by atoms with Gasteiger partial charge in [0.05, 0.1) is 10.5 Å². The molecule has 0 amide bonds. The molecule has 5 heteroatoms.